The molecule has 5 heteroatoms. The quantitative estimate of drug-likeness (QED) is 0.869. The molecule has 114 valence electrons. The monoisotopic (exact) mass is 288 g/mol. The van der Waals surface area contributed by atoms with Gasteiger partial charge in [-0.1, -0.05) is 13.0 Å². The van der Waals surface area contributed by atoms with Crippen molar-refractivity contribution in [3.8, 4) is 0 Å². The number of nitrogens with one attached hydrogen (secondary N) is 1. The maximum absolute atomic E-state index is 8.97. The molecule has 0 aliphatic carbocycles. The minimum Gasteiger partial charge on any atom is -0.395 e. The lowest BCUT2D eigenvalue weighted by Crippen LogP contribution is -2.46. The van der Waals surface area contributed by atoms with Gasteiger partial charge in [0.1, 0.15) is 5.82 Å². The molecule has 1 aliphatic heterocycles. The standard InChI is InChI=1S/C16H24N4O/c1-2-13-3-4-14-15(11-13)18-16(17-14)12-20-7-5-19(6-8-20)9-10-21/h3-4,11,21H,2,5-10,12H2,1H3,(H,17,18). The van der Waals surface area contributed by atoms with Crippen molar-refractivity contribution in [1.82, 2.24) is 19.8 Å². The van der Waals surface area contributed by atoms with Gasteiger partial charge >= 0.3 is 0 Å². The average Bonchev–Trinajstić information content (AvgIpc) is 2.90. The summed E-state index contributed by atoms with van der Waals surface area (Å²) in [7, 11) is 0. The van der Waals surface area contributed by atoms with Crippen LogP contribution >= 0.6 is 0 Å². The van der Waals surface area contributed by atoms with E-state index in [4.69, 9.17) is 5.11 Å². The van der Waals surface area contributed by atoms with E-state index in [0.717, 1.165) is 62.5 Å². The molecule has 1 aliphatic rings. The number of H-pyrrole nitrogens is 1. The number of piperazine rings is 1. The van der Waals surface area contributed by atoms with Gasteiger partial charge in [-0.3, -0.25) is 9.80 Å². The van der Waals surface area contributed by atoms with Crippen LogP contribution in [-0.2, 0) is 13.0 Å². The number of rotatable bonds is 5. The maximum atomic E-state index is 8.97. The molecule has 0 unspecified atom stereocenters. The number of β-amino-alcohol motifs (C(OH)–C–C–N with tert-alkyl or cyclic N) is 1. The number of fused-ring (bicyclic) bond motifs is 1. The van der Waals surface area contributed by atoms with Crippen molar-refractivity contribution < 1.29 is 5.11 Å². The Hall–Kier alpha value is -1.43. The molecule has 2 aromatic rings. The lowest BCUT2D eigenvalue weighted by Gasteiger charge is -2.33. The molecule has 0 atom stereocenters. The Labute approximate surface area is 125 Å². The van der Waals surface area contributed by atoms with E-state index in [0.29, 0.717) is 0 Å². The second-order valence-corrected chi connectivity index (χ2v) is 5.73. The summed E-state index contributed by atoms with van der Waals surface area (Å²) in [5.41, 5.74) is 3.54. The summed E-state index contributed by atoms with van der Waals surface area (Å²) in [6.07, 6.45) is 1.05. The van der Waals surface area contributed by atoms with Crippen LogP contribution in [0.15, 0.2) is 18.2 Å². The van der Waals surface area contributed by atoms with Gasteiger partial charge in [0.2, 0.25) is 0 Å². The molecule has 1 fully saturated rings. The van der Waals surface area contributed by atoms with Crippen LogP contribution in [0.25, 0.3) is 11.0 Å². The second kappa shape index (κ2) is 6.56. The van der Waals surface area contributed by atoms with Gasteiger partial charge in [-0.05, 0) is 24.1 Å². The largest absolute Gasteiger partial charge is 0.395 e. The fourth-order valence-electron chi connectivity index (χ4n) is 2.93. The molecule has 0 radical (unpaired) electrons. The van der Waals surface area contributed by atoms with Crippen LogP contribution in [0.3, 0.4) is 0 Å². The lowest BCUT2D eigenvalue weighted by molar-refractivity contribution is 0.107. The predicted molar refractivity (Wildman–Crippen MR) is 84.3 cm³/mol. The van der Waals surface area contributed by atoms with E-state index < -0.39 is 0 Å². The van der Waals surface area contributed by atoms with E-state index in [9.17, 15) is 0 Å². The van der Waals surface area contributed by atoms with Crippen LogP contribution in [0.4, 0.5) is 0 Å². The Balaban J connectivity index is 1.63. The zero-order chi connectivity index (χ0) is 14.7. The first-order valence-corrected chi connectivity index (χ1v) is 7.81. The van der Waals surface area contributed by atoms with E-state index in [-0.39, 0.29) is 6.61 Å². The first-order chi connectivity index (χ1) is 10.3. The van der Waals surface area contributed by atoms with Crippen molar-refractivity contribution in [2.24, 2.45) is 0 Å². The van der Waals surface area contributed by atoms with Crippen molar-refractivity contribution in [3.05, 3.63) is 29.6 Å². The van der Waals surface area contributed by atoms with Crippen LogP contribution in [0.1, 0.15) is 18.3 Å². The predicted octanol–water partition coefficient (Wildman–Crippen LogP) is 1.24. The number of imidazole rings is 1. The Morgan fingerprint density at radius 2 is 1.95 bits per heavy atom. The third-order valence-electron chi connectivity index (χ3n) is 4.26. The molecule has 2 N–H and O–H groups in total. The van der Waals surface area contributed by atoms with Gasteiger partial charge < -0.3 is 10.1 Å². The molecule has 1 aromatic carbocycles. The van der Waals surface area contributed by atoms with Crippen molar-refractivity contribution in [3.63, 3.8) is 0 Å². The van der Waals surface area contributed by atoms with E-state index in [1.165, 1.54) is 5.56 Å². The van der Waals surface area contributed by atoms with Crippen LogP contribution in [0, 0.1) is 0 Å². The number of aliphatic hydroxyl groups excluding tert-OH is 1. The highest BCUT2D eigenvalue weighted by atomic mass is 16.3. The molecule has 1 aromatic heterocycles. The second-order valence-electron chi connectivity index (χ2n) is 5.73. The highest BCUT2D eigenvalue weighted by Gasteiger charge is 2.17. The van der Waals surface area contributed by atoms with Crippen molar-refractivity contribution in [1.29, 1.82) is 0 Å². The molecule has 5 nitrogen and oxygen atoms in total. The Kier molecular flexibility index (Phi) is 4.53. The third kappa shape index (κ3) is 3.43. The van der Waals surface area contributed by atoms with Gasteiger partial charge in [-0.15, -0.1) is 0 Å². The summed E-state index contributed by atoms with van der Waals surface area (Å²) in [6.45, 7) is 8.23. The number of nitrogens with zero attached hydrogens (tertiary/aromatic N) is 3. The zero-order valence-corrected chi connectivity index (χ0v) is 12.7. The van der Waals surface area contributed by atoms with Crippen molar-refractivity contribution in [2.75, 3.05) is 39.3 Å². The van der Waals surface area contributed by atoms with Crippen molar-refractivity contribution >= 4 is 11.0 Å². The number of aliphatic hydroxyl groups is 1. The van der Waals surface area contributed by atoms with Crippen LogP contribution < -0.4 is 0 Å². The average molecular weight is 288 g/mol. The molecular weight excluding hydrogens is 264 g/mol. The summed E-state index contributed by atoms with van der Waals surface area (Å²) in [4.78, 5) is 12.9. The van der Waals surface area contributed by atoms with E-state index in [1.54, 1.807) is 0 Å². The smallest absolute Gasteiger partial charge is 0.121 e. The Morgan fingerprint density at radius 3 is 2.67 bits per heavy atom. The number of aromatic nitrogens is 2. The lowest BCUT2D eigenvalue weighted by atomic mass is 10.1. The number of aryl methyl sites for hydroxylation is 1. The molecule has 0 amide bonds. The van der Waals surface area contributed by atoms with E-state index in [1.807, 2.05) is 0 Å². The topological polar surface area (TPSA) is 55.4 Å². The molecule has 0 spiro atoms. The molecule has 3 rings (SSSR count). The van der Waals surface area contributed by atoms with Crippen LogP contribution in [0.5, 0.6) is 0 Å². The van der Waals surface area contributed by atoms with Gasteiger partial charge in [0.15, 0.2) is 0 Å². The first-order valence-electron chi connectivity index (χ1n) is 7.81. The van der Waals surface area contributed by atoms with Crippen molar-refractivity contribution in [2.45, 2.75) is 19.9 Å². The van der Waals surface area contributed by atoms with Crippen LogP contribution in [-0.4, -0.2) is 64.2 Å². The summed E-state index contributed by atoms with van der Waals surface area (Å²) in [5.74, 6) is 1.05. The Morgan fingerprint density at radius 1 is 1.19 bits per heavy atom. The fourth-order valence-corrected chi connectivity index (χ4v) is 2.93. The number of hydrogen-bond donors (Lipinski definition) is 2. The summed E-state index contributed by atoms with van der Waals surface area (Å²) in [5, 5.41) is 8.97. The van der Waals surface area contributed by atoms with Gasteiger partial charge in [-0.25, -0.2) is 4.98 Å². The minimum absolute atomic E-state index is 0.253. The van der Waals surface area contributed by atoms with Gasteiger partial charge in [-0.2, -0.15) is 0 Å². The maximum Gasteiger partial charge on any atom is 0.121 e. The third-order valence-corrected chi connectivity index (χ3v) is 4.26. The highest BCUT2D eigenvalue weighted by Crippen LogP contribution is 2.15. The normalized spacial score (nSPS) is 17.6. The van der Waals surface area contributed by atoms with Gasteiger partial charge in [0.05, 0.1) is 24.2 Å². The SMILES string of the molecule is CCc1ccc2nc(CN3CCN(CCO)CC3)[nH]c2c1. The molecule has 0 saturated carbocycles. The number of aromatic amines is 1. The summed E-state index contributed by atoms with van der Waals surface area (Å²) >= 11 is 0. The minimum atomic E-state index is 0.253. The summed E-state index contributed by atoms with van der Waals surface area (Å²) in [6, 6.07) is 6.46. The first kappa shape index (κ1) is 14.5. The highest BCUT2D eigenvalue weighted by molar-refractivity contribution is 5.75. The zero-order valence-electron chi connectivity index (χ0n) is 12.7. The molecule has 1 saturated heterocycles. The Bertz CT molecular complexity index is 587. The molecule has 2 heterocycles. The van der Waals surface area contributed by atoms with E-state index >= 15 is 0 Å². The van der Waals surface area contributed by atoms with Gasteiger partial charge in [0, 0.05) is 32.7 Å². The summed E-state index contributed by atoms with van der Waals surface area (Å²) < 4.78 is 0. The molecule has 0 bridgehead atoms. The fraction of sp³-hybridized carbons (Fsp3) is 0.562. The van der Waals surface area contributed by atoms with E-state index in [2.05, 4.69) is 44.9 Å². The van der Waals surface area contributed by atoms with Crippen LogP contribution in [0.2, 0.25) is 0 Å². The molecule has 21 heavy (non-hydrogen) atoms. The number of hydrogen-bond acceptors (Lipinski definition) is 4. The number of benzene rings is 1. The molecular formula is C16H24N4O. The van der Waals surface area contributed by atoms with Gasteiger partial charge in [0.25, 0.3) is 0 Å².